The third-order valence-corrected chi connectivity index (χ3v) is 2.93. The molecule has 0 saturated heterocycles. The van der Waals surface area contributed by atoms with Crippen LogP contribution in [-0.4, -0.2) is 25.8 Å². The second kappa shape index (κ2) is 5.51. The highest BCUT2D eigenvalue weighted by Crippen LogP contribution is 2.18. The fourth-order valence-electron chi connectivity index (χ4n) is 1.91. The summed E-state index contributed by atoms with van der Waals surface area (Å²) in [5.74, 6) is -0.522. The van der Waals surface area contributed by atoms with Crippen LogP contribution in [0.5, 0.6) is 5.75 Å². The molecule has 0 aliphatic carbocycles. The van der Waals surface area contributed by atoms with E-state index in [2.05, 4.69) is 15.4 Å². The molecule has 6 heteroatoms. The van der Waals surface area contributed by atoms with Gasteiger partial charge in [-0.1, -0.05) is 6.92 Å². The van der Waals surface area contributed by atoms with Gasteiger partial charge in [-0.05, 0) is 24.6 Å². The van der Waals surface area contributed by atoms with Crippen LogP contribution in [0.4, 0.5) is 0 Å². The fourth-order valence-corrected chi connectivity index (χ4v) is 1.91. The molecule has 19 heavy (non-hydrogen) atoms. The largest absolute Gasteiger partial charge is 0.505 e. The molecule has 6 nitrogen and oxygen atoms in total. The standard InChI is InChI=1S/C13H16N4O2/c1-3-9(10-6-8-15-17(10)2)16-13(19)12-11(18)5-4-7-14-12/h4-9,18H,3H2,1-2H3,(H,16,19)/t9-/m1/s1. The molecular weight excluding hydrogens is 244 g/mol. The Kier molecular flexibility index (Phi) is 3.79. The maximum Gasteiger partial charge on any atom is 0.274 e. The van der Waals surface area contributed by atoms with Crippen LogP contribution >= 0.6 is 0 Å². The number of rotatable bonds is 4. The number of aromatic hydroxyl groups is 1. The lowest BCUT2D eigenvalue weighted by Crippen LogP contribution is -2.30. The summed E-state index contributed by atoms with van der Waals surface area (Å²) in [6, 6.07) is 4.70. The second-order valence-electron chi connectivity index (χ2n) is 4.19. The Morgan fingerprint density at radius 1 is 1.47 bits per heavy atom. The number of hydrogen-bond acceptors (Lipinski definition) is 4. The molecule has 2 heterocycles. The molecule has 0 bridgehead atoms. The monoisotopic (exact) mass is 260 g/mol. The Bertz CT molecular complexity index is 580. The zero-order valence-corrected chi connectivity index (χ0v) is 10.9. The van der Waals surface area contributed by atoms with Gasteiger partial charge in [0, 0.05) is 19.4 Å². The van der Waals surface area contributed by atoms with E-state index in [9.17, 15) is 9.90 Å². The van der Waals surface area contributed by atoms with Crippen molar-refractivity contribution in [2.24, 2.45) is 7.05 Å². The van der Waals surface area contributed by atoms with E-state index >= 15 is 0 Å². The molecule has 0 aliphatic rings. The molecule has 2 N–H and O–H groups in total. The molecule has 2 rings (SSSR count). The summed E-state index contributed by atoms with van der Waals surface area (Å²) in [6.07, 6.45) is 3.88. The van der Waals surface area contributed by atoms with Crippen LogP contribution in [-0.2, 0) is 7.05 Å². The number of carbonyl (C=O) groups is 1. The first-order valence-corrected chi connectivity index (χ1v) is 6.06. The average molecular weight is 260 g/mol. The molecule has 0 spiro atoms. The summed E-state index contributed by atoms with van der Waals surface area (Å²) in [5, 5.41) is 16.5. The Labute approximate surface area is 111 Å². The number of aryl methyl sites for hydroxylation is 1. The molecule has 0 radical (unpaired) electrons. The summed E-state index contributed by atoms with van der Waals surface area (Å²) in [5.41, 5.74) is 0.939. The Morgan fingerprint density at radius 3 is 2.84 bits per heavy atom. The highest BCUT2D eigenvalue weighted by atomic mass is 16.3. The van der Waals surface area contributed by atoms with Gasteiger partial charge in [0.2, 0.25) is 0 Å². The summed E-state index contributed by atoms with van der Waals surface area (Å²) >= 11 is 0. The smallest absolute Gasteiger partial charge is 0.274 e. The maximum absolute atomic E-state index is 12.1. The van der Waals surface area contributed by atoms with E-state index in [1.54, 1.807) is 16.9 Å². The van der Waals surface area contributed by atoms with E-state index in [4.69, 9.17) is 0 Å². The third-order valence-electron chi connectivity index (χ3n) is 2.93. The molecule has 2 aromatic rings. The van der Waals surface area contributed by atoms with E-state index in [0.717, 1.165) is 12.1 Å². The minimum Gasteiger partial charge on any atom is -0.505 e. The Morgan fingerprint density at radius 2 is 2.26 bits per heavy atom. The van der Waals surface area contributed by atoms with Crippen LogP contribution in [0.2, 0.25) is 0 Å². The lowest BCUT2D eigenvalue weighted by atomic mass is 10.1. The Hall–Kier alpha value is -2.37. The molecule has 100 valence electrons. The van der Waals surface area contributed by atoms with Gasteiger partial charge in [-0.15, -0.1) is 0 Å². The number of nitrogens with zero attached hydrogens (tertiary/aromatic N) is 3. The minimum atomic E-state index is -0.397. The molecule has 0 aromatic carbocycles. The van der Waals surface area contributed by atoms with Crippen molar-refractivity contribution >= 4 is 5.91 Å². The number of nitrogens with one attached hydrogen (secondary N) is 1. The van der Waals surface area contributed by atoms with Crippen LogP contribution < -0.4 is 5.32 Å². The topological polar surface area (TPSA) is 80.0 Å². The number of hydrogen-bond donors (Lipinski definition) is 2. The zero-order valence-electron chi connectivity index (χ0n) is 10.9. The van der Waals surface area contributed by atoms with Crippen molar-refractivity contribution in [1.82, 2.24) is 20.1 Å². The number of carbonyl (C=O) groups excluding carboxylic acids is 1. The van der Waals surface area contributed by atoms with Crippen molar-refractivity contribution in [3.63, 3.8) is 0 Å². The number of aromatic nitrogens is 3. The molecule has 0 saturated carbocycles. The predicted octanol–water partition coefficient (Wildman–Crippen LogP) is 1.40. The SMILES string of the molecule is CC[C@@H](NC(=O)c1ncccc1O)c1ccnn1C. The van der Waals surface area contributed by atoms with Gasteiger partial charge in [0.15, 0.2) is 5.69 Å². The lowest BCUT2D eigenvalue weighted by molar-refractivity contribution is 0.0926. The summed E-state index contributed by atoms with van der Waals surface area (Å²) in [6.45, 7) is 1.97. The van der Waals surface area contributed by atoms with Gasteiger partial charge in [-0.2, -0.15) is 5.10 Å². The van der Waals surface area contributed by atoms with Crippen molar-refractivity contribution in [1.29, 1.82) is 0 Å². The second-order valence-corrected chi connectivity index (χ2v) is 4.19. The fraction of sp³-hybridized carbons (Fsp3) is 0.308. The first kappa shape index (κ1) is 13.1. The molecule has 1 atom stereocenters. The van der Waals surface area contributed by atoms with Crippen molar-refractivity contribution in [2.45, 2.75) is 19.4 Å². The molecule has 0 fully saturated rings. The van der Waals surface area contributed by atoms with Crippen molar-refractivity contribution in [3.05, 3.63) is 42.0 Å². The van der Waals surface area contributed by atoms with E-state index in [1.165, 1.54) is 12.3 Å². The Balaban J connectivity index is 2.18. The van der Waals surface area contributed by atoms with Gasteiger partial charge in [-0.3, -0.25) is 9.48 Å². The highest BCUT2D eigenvalue weighted by Gasteiger charge is 2.19. The maximum atomic E-state index is 12.1. The van der Waals surface area contributed by atoms with Gasteiger partial charge in [0.05, 0.1) is 11.7 Å². The molecule has 0 unspecified atom stereocenters. The van der Waals surface area contributed by atoms with Gasteiger partial charge >= 0.3 is 0 Å². The van der Waals surface area contributed by atoms with Crippen LogP contribution in [0.1, 0.15) is 35.6 Å². The van der Waals surface area contributed by atoms with Gasteiger partial charge < -0.3 is 10.4 Å². The van der Waals surface area contributed by atoms with E-state index in [1.807, 2.05) is 20.0 Å². The first-order chi connectivity index (χ1) is 9.13. The quantitative estimate of drug-likeness (QED) is 0.870. The molecule has 0 aliphatic heterocycles. The van der Waals surface area contributed by atoms with Crippen LogP contribution in [0.15, 0.2) is 30.6 Å². The minimum absolute atomic E-state index is 0.0307. The predicted molar refractivity (Wildman–Crippen MR) is 69.6 cm³/mol. The lowest BCUT2D eigenvalue weighted by Gasteiger charge is -2.17. The number of pyridine rings is 1. The summed E-state index contributed by atoms with van der Waals surface area (Å²) in [4.78, 5) is 16.0. The van der Waals surface area contributed by atoms with Crippen LogP contribution in [0.25, 0.3) is 0 Å². The van der Waals surface area contributed by atoms with E-state index < -0.39 is 5.91 Å². The summed E-state index contributed by atoms with van der Waals surface area (Å²) < 4.78 is 1.72. The van der Waals surface area contributed by atoms with Crippen LogP contribution in [0, 0.1) is 0 Å². The van der Waals surface area contributed by atoms with E-state index in [-0.39, 0.29) is 17.5 Å². The van der Waals surface area contributed by atoms with Crippen molar-refractivity contribution in [2.75, 3.05) is 0 Å². The third kappa shape index (κ3) is 2.73. The van der Waals surface area contributed by atoms with Crippen molar-refractivity contribution in [3.8, 4) is 5.75 Å². The summed E-state index contributed by atoms with van der Waals surface area (Å²) in [7, 11) is 1.82. The number of amides is 1. The van der Waals surface area contributed by atoms with Gasteiger partial charge in [0.25, 0.3) is 5.91 Å². The van der Waals surface area contributed by atoms with Gasteiger partial charge in [0.1, 0.15) is 5.75 Å². The van der Waals surface area contributed by atoms with Crippen molar-refractivity contribution < 1.29 is 9.90 Å². The molecule has 1 amide bonds. The normalized spacial score (nSPS) is 12.1. The highest BCUT2D eigenvalue weighted by molar-refractivity contribution is 5.94. The van der Waals surface area contributed by atoms with Crippen LogP contribution in [0.3, 0.4) is 0 Å². The molecular formula is C13H16N4O2. The average Bonchev–Trinajstić information content (AvgIpc) is 2.82. The first-order valence-electron chi connectivity index (χ1n) is 6.06. The molecule has 2 aromatic heterocycles. The van der Waals surface area contributed by atoms with Gasteiger partial charge in [-0.25, -0.2) is 4.98 Å². The van der Waals surface area contributed by atoms with E-state index in [0.29, 0.717) is 0 Å². The zero-order chi connectivity index (χ0) is 13.8.